The van der Waals surface area contributed by atoms with Gasteiger partial charge in [-0.15, -0.1) is 0 Å². The van der Waals surface area contributed by atoms with Crippen LogP contribution in [0.15, 0.2) is 54.6 Å². The molecule has 0 aliphatic rings. The highest BCUT2D eigenvalue weighted by atomic mass is 16.5. The van der Waals surface area contributed by atoms with E-state index in [0.717, 1.165) is 23.4 Å². The van der Waals surface area contributed by atoms with Crippen molar-refractivity contribution in [3.05, 3.63) is 60.2 Å². The summed E-state index contributed by atoms with van der Waals surface area (Å²) >= 11 is 0. The van der Waals surface area contributed by atoms with Crippen LogP contribution in [0.1, 0.15) is 12.0 Å². The van der Waals surface area contributed by atoms with Crippen molar-refractivity contribution in [2.75, 3.05) is 19.1 Å². The molecule has 0 atom stereocenters. The summed E-state index contributed by atoms with van der Waals surface area (Å²) in [4.78, 5) is 13.8. The van der Waals surface area contributed by atoms with Gasteiger partial charge >= 0.3 is 0 Å². The number of nitrogens with zero attached hydrogens (tertiary/aromatic N) is 1. The molecule has 20 heavy (non-hydrogen) atoms. The summed E-state index contributed by atoms with van der Waals surface area (Å²) < 4.78 is 5.12. The summed E-state index contributed by atoms with van der Waals surface area (Å²) in [6, 6.07) is 17.5. The zero-order valence-corrected chi connectivity index (χ0v) is 11.9. The van der Waals surface area contributed by atoms with Gasteiger partial charge in [0.1, 0.15) is 5.75 Å². The maximum atomic E-state index is 12.1. The van der Waals surface area contributed by atoms with Gasteiger partial charge in [-0.3, -0.25) is 4.79 Å². The number of aryl methyl sites for hydroxylation is 1. The van der Waals surface area contributed by atoms with E-state index in [2.05, 4.69) is 0 Å². The van der Waals surface area contributed by atoms with Crippen LogP contribution in [0.4, 0.5) is 5.69 Å². The highest BCUT2D eigenvalue weighted by molar-refractivity contribution is 5.92. The Kier molecular flexibility index (Phi) is 4.77. The van der Waals surface area contributed by atoms with Crippen LogP contribution in [0.2, 0.25) is 0 Å². The zero-order valence-electron chi connectivity index (χ0n) is 11.9. The van der Waals surface area contributed by atoms with Crippen LogP contribution in [0.25, 0.3) is 0 Å². The average Bonchev–Trinajstić information content (AvgIpc) is 2.53. The molecular formula is C17H19NO2. The lowest BCUT2D eigenvalue weighted by atomic mass is 10.1. The predicted molar refractivity (Wildman–Crippen MR) is 81.2 cm³/mol. The Hall–Kier alpha value is -2.29. The second-order valence-corrected chi connectivity index (χ2v) is 4.64. The van der Waals surface area contributed by atoms with E-state index < -0.39 is 0 Å². The SMILES string of the molecule is COc1ccc(CCC(=O)N(C)c2ccccc2)cc1. The largest absolute Gasteiger partial charge is 0.497 e. The van der Waals surface area contributed by atoms with Crippen LogP contribution >= 0.6 is 0 Å². The van der Waals surface area contributed by atoms with E-state index in [9.17, 15) is 4.79 Å². The molecule has 0 aliphatic heterocycles. The zero-order chi connectivity index (χ0) is 14.4. The van der Waals surface area contributed by atoms with Gasteiger partial charge in [-0.25, -0.2) is 0 Å². The second-order valence-electron chi connectivity index (χ2n) is 4.64. The number of para-hydroxylation sites is 1. The number of benzene rings is 2. The molecule has 0 radical (unpaired) electrons. The first-order chi connectivity index (χ1) is 9.70. The molecule has 0 unspecified atom stereocenters. The van der Waals surface area contributed by atoms with E-state index in [4.69, 9.17) is 4.74 Å². The van der Waals surface area contributed by atoms with Crippen LogP contribution in [-0.2, 0) is 11.2 Å². The monoisotopic (exact) mass is 269 g/mol. The minimum Gasteiger partial charge on any atom is -0.497 e. The fourth-order valence-corrected chi connectivity index (χ4v) is 2.01. The van der Waals surface area contributed by atoms with Gasteiger partial charge in [-0.1, -0.05) is 30.3 Å². The van der Waals surface area contributed by atoms with Gasteiger partial charge in [-0.2, -0.15) is 0 Å². The molecule has 0 saturated carbocycles. The Morgan fingerprint density at radius 2 is 1.70 bits per heavy atom. The van der Waals surface area contributed by atoms with Crippen molar-refractivity contribution in [3.8, 4) is 5.75 Å². The number of ether oxygens (including phenoxy) is 1. The smallest absolute Gasteiger partial charge is 0.227 e. The van der Waals surface area contributed by atoms with E-state index in [1.54, 1.807) is 12.0 Å². The summed E-state index contributed by atoms with van der Waals surface area (Å²) in [6.45, 7) is 0. The molecule has 0 spiro atoms. The van der Waals surface area contributed by atoms with Gasteiger partial charge in [0.25, 0.3) is 0 Å². The third-order valence-corrected chi connectivity index (χ3v) is 3.30. The molecule has 0 N–H and O–H groups in total. The molecule has 1 amide bonds. The van der Waals surface area contributed by atoms with Gasteiger partial charge in [0, 0.05) is 19.2 Å². The maximum Gasteiger partial charge on any atom is 0.227 e. The topological polar surface area (TPSA) is 29.5 Å². The summed E-state index contributed by atoms with van der Waals surface area (Å²) in [7, 11) is 3.46. The van der Waals surface area contributed by atoms with Gasteiger partial charge in [0.15, 0.2) is 0 Å². The van der Waals surface area contributed by atoms with Gasteiger partial charge in [-0.05, 0) is 36.2 Å². The fraction of sp³-hybridized carbons (Fsp3) is 0.235. The van der Waals surface area contributed by atoms with Gasteiger partial charge < -0.3 is 9.64 Å². The van der Waals surface area contributed by atoms with E-state index in [-0.39, 0.29) is 5.91 Å². The lowest BCUT2D eigenvalue weighted by Gasteiger charge is -2.17. The normalized spacial score (nSPS) is 10.1. The third-order valence-electron chi connectivity index (χ3n) is 3.30. The summed E-state index contributed by atoms with van der Waals surface area (Å²) in [5, 5.41) is 0. The number of anilines is 1. The average molecular weight is 269 g/mol. The molecule has 0 heterocycles. The minimum absolute atomic E-state index is 0.118. The predicted octanol–water partition coefficient (Wildman–Crippen LogP) is 3.29. The van der Waals surface area contributed by atoms with E-state index in [0.29, 0.717) is 6.42 Å². The Bertz CT molecular complexity index is 549. The molecule has 3 heteroatoms. The van der Waals surface area contributed by atoms with Crippen molar-refractivity contribution in [3.63, 3.8) is 0 Å². The van der Waals surface area contributed by atoms with Crippen LogP contribution < -0.4 is 9.64 Å². The first-order valence-corrected chi connectivity index (χ1v) is 6.65. The van der Waals surface area contributed by atoms with Gasteiger partial charge in [0.2, 0.25) is 5.91 Å². The third kappa shape index (κ3) is 3.60. The number of carbonyl (C=O) groups is 1. The number of methoxy groups -OCH3 is 1. The van der Waals surface area contributed by atoms with Crippen molar-refractivity contribution < 1.29 is 9.53 Å². The van der Waals surface area contributed by atoms with Crippen molar-refractivity contribution in [1.29, 1.82) is 0 Å². The number of hydrogen-bond donors (Lipinski definition) is 0. The Balaban J connectivity index is 1.91. The molecule has 3 nitrogen and oxygen atoms in total. The van der Waals surface area contributed by atoms with Gasteiger partial charge in [0.05, 0.1) is 7.11 Å². The highest BCUT2D eigenvalue weighted by Crippen LogP contribution is 2.15. The second kappa shape index (κ2) is 6.75. The van der Waals surface area contributed by atoms with E-state index >= 15 is 0 Å². The number of amides is 1. The fourth-order valence-electron chi connectivity index (χ4n) is 2.01. The Morgan fingerprint density at radius 3 is 2.30 bits per heavy atom. The minimum atomic E-state index is 0.118. The molecule has 0 fully saturated rings. The quantitative estimate of drug-likeness (QED) is 0.833. The summed E-state index contributed by atoms with van der Waals surface area (Å²) in [5.41, 5.74) is 2.06. The van der Waals surface area contributed by atoms with Crippen molar-refractivity contribution in [2.45, 2.75) is 12.8 Å². The molecular weight excluding hydrogens is 250 g/mol. The maximum absolute atomic E-state index is 12.1. The summed E-state index contributed by atoms with van der Waals surface area (Å²) in [6.07, 6.45) is 1.23. The Morgan fingerprint density at radius 1 is 1.05 bits per heavy atom. The van der Waals surface area contributed by atoms with Crippen LogP contribution in [0.3, 0.4) is 0 Å². The lowest BCUT2D eigenvalue weighted by Crippen LogP contribution is -2.26. The standard InChI is InChI=1S/C17H19NO2/c1-18(15-6-4-3-5-7-15)17(19)13-10-14-8-11-16(20-2)12-9-14/h3-9,11-12H,10,13H2,1-2H3. The van der Waals surface area contributed by atoms with Crippen molar-refractivity contribution in [2.24, 2.45) is 0 Å². The summed E-state index contributed by atoms with van der Waals surface area (Å²) in [5.74, 6) is 0.952. The molecule has 2 aromatic rings. The van der Waals surface area contributed by atoms with Crippen molar-refractivity contribution in [1.82, 2.24) is 0 Å². The van der Waals surface area contributed by atoms with E-state index in [1.165, 1.54) is 0 Å². The Labute approximate surface area is 119 Å². The lowest BCUT2D eigenvalue weighted by molar-refractivity contribution is -0.118. The molecule has 104 valence electrons. The molecule has 2 rings (SSSR count). The van der Waals surface area contributed by atoms with Crippen LogP contribution in [0, 0.1) is 0 Å². The molecule has 0 saturated heterocycles. The number of rotatable bonds is 5. The van der Waals surface area contributed by atoms with Crippen LogP contribution in [-0.4, -0.2) is 20.1 Å². The molecule has 0 aliphatic carbocycles. The van der Waals surface area contributed by atoms with E-state index in [1.807, 2.05) is 61.6 Å². The number of hydrogen-bond acceptors (Lipinski definition) is 2. The molecule has 2 aromatic carbocycles. The number of carbonyl (C=O) groups excluding carboxylic acids is 1. The molecule has 0 aromatic heterocycles. The first-order valence-electron chi connectivity index (χ1n) is 6.65. The van der Waals surface area contributed by atoms with Crippen molar-refractivity contribution >= 4 is 11.6 Å². The highest BCUT2D eigenvalue weighted by Gasteiger charge is 2.10. The molecule has 0 bridgehead atoms. The van der Waals surface area contributed by atoms with Crippen LogP contribution in [0.5, 0.6) is 5.75 Å². The first kappa shape index (κ1) is 14.1.